The number of nitrogens with one attached hydrogen (secondary N) is 1. The van der Waals surface area contributed by atoms with Crippen LogP contribution in [-0.4, -0.2) is 30.0 Å². The van der Waals surface area contributed by atoms with E-state index in [1.54, 1.807) is 5.48 Å². The Labute approximate surface area is 47.7 Å². The van der Waals surface area contributed by atoms with Crippen LogP contribution in [-0.2, 0) is 0 Å². The van der Waals surface area contributed by atoms with Gasteiger partial charge in [0.25, 0.3) is 0 Å². The van der Waals surface area contributed by atoms with Crippen molar-refractivity contribution in [3.8, 4) is 0 Å². The summed E-state index contributed by atoms with van der Waals surface area (Å²) < 4.78 is 0. The van der Waals surface area contributed by atoms with E-state index in [-0.39, 0.29) is 25.7 Å². The molecule has 0 fully saturated rings. The lowest BCUT2D eigenvalue weighted by molar-refractivity contribution is 0.151. The molecule has 4 nitrogen and oxygen atoms in total. The molecule has 0 bridgehead atoms. The first-order valence-electron chi connectivity index (χ1n) is 2.41. The van der Waals surface area contributed by atoms with E-state index in [9.17, 15) is 5.21 Å². The van der Waals surface area contributed by atoms with Crippen LogP contribution in [0.15, 0.2) is 0 Å². The summed E-state index contributed by atoms with van der Waals surface area (Å²) in [4.78, 5) is 0. The third-order valence-electron chi connectivity index (χ3n) is 0.888. The Balaban J connectivity index is 3.07. The molecule has 0 aromatic heterocycles. The van der Waals surface area contributed by atoms with Crippen molar-refractivity contribution in [1.29, 1.82) is 0 Å². The molecule has 0 radical (unpaired) electrons. The molecule has 4 heteroatoms. The lowest BCUT2D eigenvalue weighted by Crippen LogP contribution is -2.23. The van der Waals surface area contributed by atoms with Gasteiger partial charge < -0.3 is 20.9 Å². The van der Waals surface area contributed by atoms with Gasteiger partial charge in [0.15, 0.2) is 0 Å². The average molecular weight is 120 g/mol. The van der Waals surface area contributed by atoms with Crippen molar-refractivity contribution in [2.45, 2.75) is 0 Å². The highest BCUT2D eigenvalue weighted by Crippen LogP contribution is 1.87. The minimum Gasteiger partial charge on any atom is -0.788 e. The molecule has 0 aliphatic heterocycles. The van der Waals surface area contributed by atoms with Crippen LogP contribution in [0.5, 0.6) is 0 Å². The van der Waals surface area contributed by atoms with E-state index in [1.165, 1.54) is 0 Å². The fraction of sp³-hybridized carbons (Fsp3) is 1.00. The van der Waals surface area contributed by atoms with Crippen molar-refractivity contribution < 1.29 is 10.2 Å². The molecule has 0 atom stereocenters. The summed E-state index contributed by atoms with van der Waals surface area (Å²) in [6, 6.07) is 0. The second-order valence-corrected chi connectivity index (χ2v) is 1.58. The topological polar surface area (TPSA) is 75.5 Å². The molecule has 0 saturated heterocycles. The molecule has 3 N–H and O–H groups in total. The molecule has 0 aliphatic rings. The van der Waals surface area contributed by atoms with Gasteiger partial charge in [0.2, 0.25) is 0 Å². The highest BCUT2D eigenvalue weighted by atomic mass is 16.5. The number of hydroxylamine groups is 1. The van der Waals surface area contributed by atoms with Crippen LogP contribution in [0.2, 0.25) is 0 Å². The van der Waals surface area contributed by atoms with Crippen molar-refractivity contribution in [3.05, 3.63) is 5.21 Å². The number of hydrogen-bond acceptors (Lipinski definition) is 4. The highest BCUT2D eigenvalue weighted by Gasteiger charge is 1.99. The lowest BCUT2D eigenvalue weighted by Gasteiger charge is -2.13. The first kappa shape index (κ1) is 7.84. The van der Waals surface area contributed by atoms with Crippen LogP contribution in [0.4, 0.5) is 0 Å². The number of hydrogen-bond donors (Lipinski definition) is 3. The molecule has 8 heavy (non-hydrogen) atoms. The Bertz CT molecular complexity index is 46.5. The molecule has 0 aliphatic carbocycles. The molecule has 0 rings (SSSR count). The Morgan fingerprint density at radius 2 is 1.88 bits per heavy atom. The lowest BCUT2D eigenvalue weighted by atomic mass is 10.2. The van der Waals surface area contributed by atoms with Gasteiger partial charge in [-0.1, -0.05) is 0 Å². The zero-order valence-electron chi connectivity index (χ0n) is 4.50. The van der Waals surface area contributed by atoms with Gasteiger partial charge in [0.05, 0.1) is 0 Å². The zero-order chi connectivity index (χ0) is 6.41. The van der Waals surface area contributed by atoms with E-state index in [1.807, 2.05) is 0 Å². The fourth-order valence-electron chi connectivity index (χ4n) is 0.305. The van der Waals surface area contributed by atoms with E-state index in [0.717, 1.165) is 0 Å². The summed E-state index contributed by atoms with van der Waals surface area (Å²) in [5, 5.41) is 26.2. The summed E-state index contributed by atoms with van der Waals surface area (Å²) >= 11 is 0. The first-order chi connectivity index (χ1) is 3.85. The smallest absolute Gasteiger partial charge is 0.0493 e. The summed E-state index contributed by atoms with van der Waals surface area (Å²) in [6.45, 7) is -0.176. The standard InChI is InChI=1S/C4H10NO3/c6-2-4(3-7)1-5-8/h4-7H,1-3H2/q-1. The molecule has 0 aromatic rings. The van der Waals surface area contributed by atoms with Gasteiger partial charge >= 0.3 is 0 Å². The molecular weight excluding hydrogens is 110 g/mol. The Morgan fingerprint density at radius 1 is 1.38 bits per heavy atom. The minimum atomic E-state index is -0.313. The summed E-state index contributed by atoms with van der Waals surface area (Å²) in [5.74, 6) is -0.313. The molecule has 50 valence electrons. The maximum absolute atomic E-state index is 9.59. The third kappa shape index (κ3) is 2.92. The van der Waals surface area contributed by atoms with Crippen LogP contribution in [0.1, 0.15) is 0 Å². The van der Waals surface area contributed by atoms with Crippen molar-refractivity contribution >= 4 is 0 Å². The normalized spacial score (nSPS) is 10.5. The fourth-order valence-corrected chi connectivity index (χ4v) is 0.305. The monoisotopic (exact) mass is 120 g/mol. The van der Waals surface area contributed by atoms with Crippen LogP contribution in [0.3, 0.4) is 0 Å². The van der Waals surface area contributed by atoms with Crippen molar-refractivity contribution in [2.75, 3.05) is 19.8 Å². The van der Waals surface area contributed by atoms with Crippen molar-refractivity contribution in [3.63, 3.8) is 0 Å². The first-order valence-corrected chi connectivity index (χ1v) is 2.41. The van der Waals surface area contributed by atoms with E-state index in [0.29, 0.717) is 0 Å². The highest BCUT2D eigenvalue weighted by molar-refractivity contribution is 4.57. The maximum atomic E-state index is 9.59. The predicted molar refractivity (Wildman–Crippen MR) is 29.0 cm³/mol. The second kappa shape index (κ2) is 4.99. The number of aliphatic hydroxyl groups is 2. The molecule has 0 spiro atoms. The number of aliphatic hydroxyl groups excluding tert-OH is 2. The maximum Gasteiger partial charge on any atom is 0.0493 e. The van der Waals surface area contributed by atoms with Crippen LogP contribution < -0.4 is 5.48 Å². The van der Waals surface area contributed by atoms with Crippen molar-refractivity contribution in [1.82, 2.24) is 5.48 Å². The summed E-state index contributed by atoms with van der Waals surface area (Å²) in [6.07, 6.45) is 0. The van der Waals surface area contributed by atoms with Gasteiger partial charge in [-0.25, -0.2) is 0 Å². The van der Waals surface area contributed by atoms with Crippen LogP contribution >= 0.6 is 0 Å². The molecule has 0 amide bonds. The molecule has 0 unspecified atom stereocenters. The predicted octanol–water partition coefficient (Wildman–Crippen LogP) is -1.33. The van der Waals surface area contributed by atoms with Gasteiger partial charge in [-0.05, 0) is 6.54 Å². The van der Waals surface area contributed by atoms with Crippen LogP contribution in [0.25, 0.3) is 0 Å². The number of rotatable bonds is 4. The zero-order valence-corrected chi connectivity index (χ0v) is 4.50. The van der Waals surface area contributed by atoms with E-state index < -0.39 is 0 Å². The summed E-state index contributed by atoms with van der Waals surface area (Å²) in [5.41, 5.74) is 1.60. The summed E-state index contributed by atoms with van der Waals surface area (Å²) in [7, 11) is 0. The largest absolute Gasteiger partial charge is 0.788 e. The van der Waals surface area contributed by atoms with Gasteiger partial charge in [0.1, 0.15) is 0 Å². The van der Waals surface area contributed by atoms with E-state index in [4.69, 9.17) is 10.2 Å². The van der Waals surface area contributed by atoms with Gasteiger partial charge in [-0.15, -0.1) is 0 Å². The van der Waals surface area contributed by atoms with Gasteiger partial charge in [-0.2, -0.15) is 0 Å². The van der Waals surface area contributed by atoms with Crippen molar-refractivity contribution in [2.24, 2.45) is 5.92 Å². The molecule has 0 aromatic carbocycles. The minimum absolute atomic E-state index is 0.118. The Kier molecular flexibility index (Phi) is 4.89. The quantitative estimate of drug-likeness (QED) is 0.402. The van der Waals surface area contributed by atoms with Crippen LogP contribution in [0, 0.1) is 11.1 Å². The van der Waals surface area contributed by atoms with E-state index >= 15 is 0 Å². The Hall–Kier alpha value is -0.160. The second-order valence-electron chi connectivity index (χ2n) is 1.58. The molecule has 0 saturated carbocycles. The van der Waals surface area contributed by atoms with Gasteiger partial charge in [0, 0.05) is 19.1 Å². The van der Waals surface area contributed by atoms with Gasteiger partial charge in [-0.3, -0.25) is 0 Å². The van der Waals surface area contributed by atoms with E-state index in [2.05, 4.69) is 0 Å². The molecular formula is C4H10NO3-. The third-order valence-corrected chi connectivity index (χ3v) is 0.888. The Morgan fingerprint density at radius 3 is 2.00 bits per heavy atom. The molecule has 0 heterocycles. The average Bonchev–Trinajstić information content (AvgIpc) is 1.83. The SMILES string of the molecule is [O-]NCC(CO)CO.